The number of hydrogen-bond donors (Lipinski definition) is 0. The molecule has 2 heteroatoms. The monoisotopic (exact) mass is 181 g/mol. The molecular weight excluding hydrogens is 166 g/mol. The van der Waals surface area contributed by atoms with E-state index in [1.54, 1.807) is 4.88 Å². The molecule has 2 rings (SSSR count). The van der Waals surface area contributed by atoms with E-state index in [1.807, 2.05) is 11.3 Å². The Bertz CT molecular complexity index is 273. The Kier molecular flexibility index (Phi) is 2.18. The van der Waals surface area contributed by atoms with Crippen molar-refractivity contribution in [3.05, 3.63) is 15.6 Å². The normalized spacial score (nSPS) is 16.8. The fraction of sp³-hybridized carbons (Fsp3) is 0.700. The first-order valence-electron chi connectivity index (χ1n) is 4.77. The third-order valence-corrected chi connectivity index (χ3v) is 3.67. The molecule has 0 atom stereocenters. The van der Waals surface area contributed by atoms with Crippen molar-refractivity contribution < 1.29 is 0 Å². The molecule has 1 saturated carbocycles. The van der Waals surface area contributed by atoms with Gasteiger partial charge < -0.3 is 0 Å². The zero-order valence-corrected chi connectivity index (χ0v) is 8.58. The lowest BCUT2D eigenvalue weighted by Crippen LogP contribution is -1.81. The Morgan fingerprint density at radius 1 is 1.50 bits per heavy atom. The first-order valence-corrected chi connectivity index (χ1v) is 5.59. The number of nitrogens with zero attached hydrogens (tertiary/aromatic N) is 1. The number of aryl methyl sites for hydroxylation is 2. The number of rotatable bonds is 3. The Morgan fingerprint density at radius 3 is 2.83 bits per heavy atom. The fourth-order valence-electron chi connectivity index (χ4n) is 1.51. The maximum absolute atomic E-state index is 4.58. The molecule has 1 aromatic heterocycles. The minimum Gasteiger partial charge on any atom is -0.246 e. The molecule has 1 aliphatic carbocycles. The van der Waals surface area contributed by atoms with Crippen LogP contribution >= 0.6 is 11.3 Å². The van der Waals surface area contributed by atoms with Gasteiger partial charge in [0.15, 0.2) is 0 Å². The fourth-order valence-corrected chi connectivity index (χ4v) is 2.85. The van der Waals surface area contributed by atoms with E-state index >= 15 is 0 Å². The van der Waals surface area contributed by atoms with Crippen molar-refractivity contribution in [2.24, 2.45) is 0 Å². The number of hydrogen-bond acceptors (Lipinski definition) is 2. The van der Waals surface area contributed by atoms with Gasteiger partial charge in [-0.3, -0.25) is 0 Å². The molecule has 1 nitrogen and oxygen atoms in total. The van der Waals surface area contributed by atoms with E-state index in [9.17, 15) is 0 Å². The molecule has 0 unspecified atom stereocenters. The van der Waals surface area contributed by atoms with Crippen molar-refractivity contribution in [3.8, 4) is 0 Å². The van der Waals surface area contributed by atoms with Gasteiger partial charge in [0.25, 0.3) is 0 Å². The zero-order valence-electron chi connectivity index (χ0n) is 7.76. The first-order chi connectivity index (χ1) is 5.81. The maximum atomic E-state index is 4.58. The third kappa shape index (κ3) is 1.53. The molecule has 0 amide bonds. The molecule has 1 heterocycles. The second-order valence-electron chi connectivity index (χ2n) is 3.58. The molecule has 0 radical (unpaired) electrons. The van der Waals surface area contributed by atoms with Crippen molar-refractivity contribution in [1.29, 1.82) is 0 Å². The average molecular weight is 181 g/mol. The van der Waals surface area contributed by atoms with Crippen LogP contribution in [0.1, 0.15) is 47.7 Å². The molecule has 12 heavy (non-hydrogen) atoms. The highest BCUT2D eigenvalue weighted by Gasteiger charge is 2.27. The minimum absolute atomic E-state index is 0.883. The third-order valence-electron chi connectivity index (χ3n) is 2.29. The van der Waals surface area contributed by atoms with Gasteiger partial charge >= 0.3 is 0 Å². The van der Waals surface area contributed by atoms with E-state index in [0.29, 0.717) is 0 Å². The molecule has 1 aromatic rings. The van der Waals surface area contributed by atoms with Crippen LogP contribution in [0.25, 0.3) is 0 Å². The average Bonchev–Trinajstić information content (AvgIpc) is 2.79. The molecule has 66 valence electrons. The van der Waals surface area contributed by atoms with Crippen molar-refractivity contribution in [2.75, 3.05) is 0 Å². The summed E-state index contributed by atoms with van der Waals surface area (Å²) < 4.78 is 0. The van der Waals surface area contributed by atoms with Gasteiger partial charge in [0.1, 0.15) is 0 Å². The summed E-state index contributed by atoms with van der Waals surface area (Å²) in [5.41, 5.74) is 1.30. The van der Waals surface area contributed by atoms with E-state index in [0.717, 1.165) is 12.3 Å². The number of aromatic nitrogens is 1. The summed E-state index contributed by atoms with van der Waals surface area (Å²) in [4.78, 5) is 6.15. The maximum Gasteiger partial charge on any atom is 0.0930 e. The summed E-state index contributed by atoms with van der Waals surface area (Å²) in [5.74, 6) is 0.883. The van der Waals surface area contributed by atoms with Crippen LogP contribution in [-0.4, -0.2) is 4.98 Å². The highest BCUT2D eigenvalue weighted by molar-refractivity contribution is 7.11. The Balaban J connectivity index is 2.18. The zero-order chi connectivity index (χ0) is 8.55. The second kappa shape index (κ2) is 3.17. The van der Waals surface area contributed by atoms with Crippen molar-refractivity contribution >= 4 is 11.3 Å². The first kappa shape index (κ1) is 8.24. The Hall–Kier alpha value is -0.370. The molecule has 0 spiro atoms. The van der Waals surface area contributed by atoms with Crippen molar-refractivity contribution in [3.63, 3.8) is 0 Å². The van der Waals surface area contributed by atoms with Gasteiger partial charge in [-0.05, 0) is 38.5 Å². The van der Waals surface area contributed by atoms with Gasteiger partial charge in [0.2, 0.25) is 0 Å². The topological polar surface area (TPSA) is 12.9 Å². The molecule has 0 aliphatic heterocycles. The van der Waals surface area contributed by atoms with Crippen molar-refractivity contribution in [2.45, 2.75) is 45.4 Å². The highest BCUT2D eigenvalue weighted by Crippen LogP contribution is 2.44. The van der Waals surface area contributed by atoms with Crippen LogP contribution in [0, 0.1) is 6.92 Å². The van der Waals surface area contributed by atoms with Gasteiger partial charge in [0.05, 0.1) is 10.7 Å². The summed E-state index contributed by atoms with van der Waals surface area (Å²) in [6.07, 6.45) is 5.18. The van der Waals surface area contributed by atoms with Gasteiger partial charge in [-0.15, -0.1) is 11.3 Å². The molecule has 0 saturated heterocycles. The van der Waals surface area contributed by atoms with Gasteiger partial charge in [-0.2, -0.15) is 0 Å². The SMILES string of the molecule is CCCc1nc(C)c(C2CC2)s1. The van der Waals surface area contributed by atoms with Crippen LogP contribution in [0.2, 0.25) is 0 Å². The van der Waals surface area contributed by atoms with Crippen molar-refractivity contribution in [1.82, 2.24) is 4.98 Å². The molecule has 1 fully saturated rings. The Labute approximate surface area is 77.8 Å². The second-order valence-corrected chi connectivity index (χ2v) is 4.70. The van der Waals surface area contributed by atoms with E-state index in [2.05, 4.69) is 18.8 Å². The van der Waals surface area contributed by atoms with Crippen LogP contribution < -0.4 is 0 Å². The Morgan fingerprint density at radius 2 is 2.25 bits per heavy atom. The molecule has 0 aromatic carbocycles. The summed E-state index contributed by atoms with van der Waals surface area (Å²) in [6, 6.07) is 0. The largest absolute Gasteiger partial charge is 0.246 e. The molecular formula is C10H15NS. The lowest BCUT2D eigenvalue weighted by atomic mass is 10.3. The van der Waals surface area contributed by atoms with Gasteiger partial charge in [-0.25, -0.2) is 4.98 Å². The van der Waals surface area contributed by atoms with Gasteiger partial charge in [0, 0.05) is 4.88 Å². The minimum atomic E-state index is 0.883. The molecule has 0 bridgehead atoms. The summed E-state index contributed by atoms with van der Waals surface area (Å²) in [5, 5.41) is 1.34. The quantitative estimate of drug-likeness (QED) is 0.697. The smallest absolute Gasteiger partial charge is 0.0930 e. The lowest BCUT2D eigenvalue weighted by molar-refractivity contribution is 0.902. The van der Waals surface area contributed by atoms with E-state index in [1.165, 1.54) is 30.0 Å². The standard InChI is InChI=1S/C10H15NS/c1-3-4-9-11-7(2)10(12-9)8-5-6-8/h8H,3-6H2,1-2H3. The molecule has 0 N–H and O–H groups in total. The van der Waals surface area contributed by atoms with Crippen LogP contribution in [0.5, 0.6) is 0 Å². The van der Waals surface area contributed by atoms with Crippen LogP contribution in [-0.2, 0) is 6.42 Å². The highest BCUT2D eigenvalue weighted by atomic mass is 32.1. The lowest BCUT2D eigenvalue weighted by Gasteiger charge is -1.88. The number of thiazole rings is 1. The summed E-state index contributed by atoms with van der Waals surface area (Å²) in [7, 11) is 0. The molecule has 1 aliphatic rings. The van der Waals surface area contributed by atoms with Crippen LogP contribution in [0.15, 0.2) is 0 Å². The predicted octanol–water partition coefficient (Wildman–Crippen LogP) is 3.28. The van der Waals surface area contributed by atoms with Crippen LogP contribution in [0.3, 0.4) is 0 Å². The van der Waals surface area contributed by atoms with E-state index in [4.69, 9.17) is 0 Å². The summed E-state index contributed by atoms with van der Waals surface area (Å²) in [6.45, 7) is 4.37. The van der Waals surface area contributed by atoms with Gasteiger partial charge in [-0.1, -0.05) is 6.92 Å². The van der Waals surface area contributed by atoms with E-state index < -0.39 is 0 Å². The van der Waals surface area contributed by atoms with Crippen LogP contribution in [0.4, 0.5) is 0 Å². The predicted molar refractivity (Wildman–Crippen MR) is 52.8 cm³/mol. The summed E-state index contributed by atoms with van der Waals surface area (Å²) >= 11 is 1.94. The van der Waals surface area contributed by atoms with E-state index in [-0.39, 0.29) is 0 Å².